The average Bonchev–Trinajstić information content (AvgIpc) is 3.14. The zero-order chi connectivity index (χ0) is 24.5. The van der Waals surface area contributed by atoms with E-state index >= 15 is 0 Å². The molecule has 1 saturated heterocycles. The number of anilines is 1. The molecule has 1 aliphatic heterocycles. The number of carbonyl (C=O) groups excluding carboxylic acids is 2. The number of sulfonamides is 1. The fourth-order valence-corrected chi connectivity index (χ4v) is 5.28. The van der Waals surface area contributed by atoms with E-state index < -0.39 is 46.0 Å². The molecule has 11 heteroatoms. The Hall–Kier alpha value is -2.53. The predicted molar refractivity (Wildman–Crippen MR) is 120 cm³/mol. The van der Waals surface area contributed by atoms with Crippen molar-refractivity contribution in [2.24, 2.45) is 0 Å². The number of hydrogen-bond donors (Lipinski definition) is 2. The van der Waals surface area contributed by atoms with Crippen molar-refractivity contribution >= 4 is 39.2 Å². The number of nitrogens with one attached hydrogen (secondary N) is 1. The first-order chi connectivity index (χ1) is 15.4. The maximum atomic E-state index is 13.9. The Morgan fingerprint density at radius 2 is 1.91 bits per heavy atom. The van der Waals surface area contributed by atoms with Crippen LogP contribution in [-0.2, 0) is 24.3 Å². The van der Waals surface area contributed by atoms with E-state index in [1.165, 1.54) is 31.2 Å². The topological polar surface area (TPSA) is 113 Å². The van der Waals surface area contributed by atoms with Crippen LogP contribution in [0.25, 0.3) is 0 Å². The Kier molecular flexibility index (Phi) is 7.42. The van der Waals surface area contributed by atoms with Gasteiger partial charge in [-0.25, -0.2) is 12.8 Å². The summed E-state index contributed by atoms with van der Waals surface area (Å²) in [6.07, 6.45) is -2.60. The molecule has 3 rings (SSSR count). The number of benzene rings is 2. The summed E-state index contributed by atoms with van der Waals surface area (Å²) in [5.41, 5.74) is 1.51. The molecule has 0 aromatic heterocycles. The molecule has 178 valence electrons. The molecule has 2 unspecified atom stereocenters. The summed E-state index contributed by atoms with van der Waals surface area (Å²) < 4.78 is 46.3. The van der Waals surface area contributed by atoms with Crippen molar-refractivity contribution in [1.82, 2.24) is 4.31 Å². The molecule has 2 aromatic rings. The van der Waals surface area contributed by atoms with Crippen LogP contribution in [-0.4, -0.2) is 54.5 Å². The van der Waals surface area contributed by atoms with Crippen LogP contribution in [0.4, 0.5) is 10.1 Å². The highest BCUT2D eigenvalue weighted by Crippen LogP contribution is 2.28. The second-order valence-electron chi connectivity index (χ2n) is 7.92. The van der Waals surface area contributed by atoms with Crippen LogP contribution in [0, 0.1) is 19.7 Å². The van der Waals surface area contributed by atoms with E-state index in [9.17, 15) is 27.5 Å². The number of nitrogens with zero attached hydrogens (tertiary/aromatic N) is 1. The number of carbonyl (C=O) groups is 2. The highest BCUT2D eigenvalue weighted by atomic mass is 35.5. The SMILES string of the molecule is Cc1ccc(S(=O)(=O)N2CC(O)C[C@H]2C(=O)OC(C)C(=O)Nc2ccc(Cl)cc2F)cc1C. The van der Waals surface area contributed by atoms with E-state index in [0.29, 0.717) is 0 Å². The number of β-amino-alcohol motifs (C(OH)–C–C–N with tert-alkyl or cyclic N) is 1. The molecule has 8 nitrogen and oxygen atoms in total. The number of hydrogen-bond acceptors (Lipinski definition) is 6. The van der Waals surface area contributed by atoms with Crippen LogP contribution >= 0.6 is 11.6 Å². The summed E-state index contributed by atoms with van der Waals surface area (Å²) in [5, 5.41) is 12.5. The average molecular weight is 499 g/mol. The summed E-state index contributed by atoms with van der Waals surface area (Å²) in [7, 11) is -4.11. The monoisotopic (exact) mass is 498 g/mol. The molecule has 1 fully saturated rings. The van der Waals surface area contributed by atoms with Crippen LogP contribution < -0.4 is 5.32 Å². The minimum absolute atomic E-state index is 0.0125. The quantitative estimate of drug-likeness (QED) is 0.592. The lowest BCUT2D eigenvalue weighted by Crippen LogP contribution is -2.43. The number of halogens is 2. The zero-order valence-corrected chi connectivity index (χ0v) is 19.8. The van der Waals surface area contributed by atoms with Crippen LogP contribution in [0.2, 0.25) is 5.02 Å². The van der Waals surface area contributed by atoms with E-state index in [-0.39, 0.29) is 28.6 Å². The van der Waals surface area contributed by atoms with Crippen LogP contribution in [0.3, 0.4) is 0 Å². The fraction of sp³-hybridized carbons (Fsp3) is 0.364. The Labute approximate surface area is 196 Å². The molecule has 3 atom stereocenters. The summed E-state index contributed by atoms with van der Waals surface area (Å²) in [4.78, 5) is 25.1. The number of aliphatic hydroxyl groups excluding tert-OH is 1. The van der Waals surface area contributed by atoms with E-state index in [4.69, 9.17) is 16.3 Å². The molecule has 0 radical (unpaired) electrons. The van der Waals surface area contributed by atoms with Gasteiger partial charge < -0.3 is 15.2 Å². The molecule has 1 amide bonds. The van der Waals surface area contributed by atoms with Gasteiger partial charge in [-0.2, -0.15) is 4.31 Å². The summed E-state index contributed by atoms with van der Waals surface area (Å²) in [6.45, 7) is 4.59. The van der Waals surface area contributed by atoms with Gasteiger partial charge in [0.2, 0.25) is 10.0 Å². The Bertz CT molecular complexity index is 1190. The number of amides is 1. The Morgan fingerprint density at radius 3 is 2.55 bits per heavy atom. The number of aryl methyl sites for hydroxylation is 2. The second kappa shape index (κ2) is 9.76. The van der Waals surface area contributed by atoms with Gasteiger partial charge in [0, 0.05) is 18.0 Å². The molecular weight excluding hydrogens is 475 g/mol. The van der Waals surface area contributed by atoms with Crippen LogP contribution in [0.5, 0.6) is 0 Å². The maximum absolute atomic E-state index is 13.9. The second-order valence-corrected chi connectivity index (χ2v) is 10.2. The lowest BCUT2D eigenvalue weighted by molar-refractivity contribution is -0.156. The highest BCUT2D eigenvalue weighted by Gasteiger charge is 2.45. The van der Waals surface area contributed by atoms with E-state index in [2.05, 4.69) is 5.32 Å². The normalized spacial score (nSPS) is 19.8. The van der Waals surface area contributed by atoms with Crippen LogP contribution in [0.15, 0.2) is 41.3 Å². The van der Waals surface area contributed by atoms with E-state index in [1.807, 2.05) is 6.92 Å². The lowest BCUT2D eigenvalue weighted by atomic mass is 10.1. The van der Waals surface area contributed by atoms with Crippen molar-refractivity contribution in [2.45, 2.75) is 50.3 Å². The van der Waals surface area contributed by atoms with Gasteiger partial charge in [0.1, 0.15) is 11.9 Å². The molecular formula is C22H24ClFN2O6S. The molecule has 2 N–H and O–H groups in total. The first kappa shape index (κ1) is 25.1. The van der Waals surface area contributed by atoms with Gasteiger partial charge in [-0.15, -0.1) is 0 Å². The fourth-order valence-electron chi connectivity index (χ4n) is 3.41. The van der Waals surface area contributed by atoms with Crippen molar-refractivity contribution in [1.29, 1.82) is 0 Å². The highest BCUT2D eigenvalue weighted by molar-refractivity contribution is 7.89. The van der Waals surface area contributed by atoms with Crippen molar-refractivity contribution in [2.75, 3.05) is 11.9 Å². The van der Waals surface area contributed by atoms with Gasteiger partial charge in [-0.3, -0.25) is 9.59 Å². The van der Waals surface area contributed by atoms with Crippen molar-refractivity contribution in [3.8, 4) is 0 Å². The van der Waals surface area contributed by atoms with Gasteiger partial charge in [-0.05, 0) is 62.2 Å². The minimum Gasteiger partial charge on any atom is -0.451 e. The number of ether oxygens (including phenoxy) is 1. The third-order valence-electron chi connectivity index (χ3n) is 5.44. The van der Waals surface area contributed by atoms with Gasteiger partial charge in [0.15, 0.2) is 6.10 Å². The molecule has 0 aliphatic carbocycles. The summed E-state index contributed by atoms with van der Waals surface area (Å²) in [5.74, 6) is -2.57. The first-order valence-electron chi connectivity index (χ1n) is 10.1. The third kappa shape index (κ3) is 5.52. The van der Waals surface area contributed by atoms with Crippen molar-refractivity contribution in [3.05, 3.63) is 58.4 Å². The summed E-state index contributed by atoms with van der Waals surface area (Å²) >= 11 is 5.68. The zero-order valence-electron chi connectivity index (χ0n) is 18.2. The maximum Gasteiger partial charge on any atom is 0.325 e. The lowest BCUT2D eigenvalue weighted by Gasteiger charge is -2.24. The van der Waals surface area contributed by atoms with Crippen molar-refractivity contribution in [3.63, 3.8) is 0 Å². The first-order valence-corrected chi connectivity index (χ1v) is 12.0. The molecule has 0 bridgehead atoms. The molecule has 1 aliphatic rings. The number of aliphatic hydroxyl groups is 1. The Balaban J connectivity index is 1.74. The van der Waals surface area contributed by atoms with E-state index in [1.54, 1.807) is 13.0 Å². The van der Waals surface area contributed by atoms with Gasteiger partial charge in [0.25, 0.3) is 5.91 Å². The smallest absolute Gasteiger partial charge is 0.325 e. The third-order valence-corrected chi connectivity index (χ3v) is 7.55. The van der Waals surface area contributed by atoms with Crippen LogP contribution in [0.1, 0.15) is 24.5 Å². The molecule has 0 spiro atoms. The molecule has 2 aromatic carbocycles. The largest absolute Gasteiger partial charge is 0.451 e. The van der Waals surface area contributed by atoms with Gasteiger partial charge in [-0.1, -0.05) is 17.7 Å². The molecule has 0 saturated carbocycles. The minimum atomic E-state index is -4.11. The molecule has 33 heavy (non-hydrogen) atoms. The van der Waals surface area contributed by atoms with Gasteiger partial charge >= 0.3 is 5.97 Å². The van der Waals surface area contributed by atoms with E-state index in [0.717, 1.165) is 21.5 Å². The predicted octanol–water partition coefficient (Wildman–Crippen LogP) is 2.79. The standard InChI is InChI=1S/C22H24ClFN2O6S/c1-12-4-6-17(8-13(12)2)33(30,31)26-11-16(27)10-20(26)22(29)32-14(3)21(28)25-19-7-5-15(23)9-18(19)24/h4-9,14,16,20,27H,10-11H2,1-3H3,(H,25,28)/t14?,16?,20-/m0/s1. The van der Waals surface area contributed by atoms with Crippen molar-refractivity contribution < 1.29 is 32.2 Å². The number of rotatable bonds is 6. The Morgan fingerprint density at radius 1 is 1.21 bits per heavy atom. The van der Waals surface area contributed by atoms with Gasteiger partial charge in [0.05, 0.1) is 16.7 Å². The number of esters is 1. The molecule has 1 heterocycles. The summed E-state index contributed by atoms with van der Waals surface area (Å²) in [6, 6.07) is 6.93.